The SMILES string of the molecule is CC(C)COCCNCCOCC(N)=O. The second kappa shape index (κ2) is 9.89. The molecule has 5 nitrogen and oxygen atoms in total. The van der Waals surface area contributed by atoms with Crippen molar-refractivity contribution in [2.75, 3.05) is 39.5 Å². The molecule has 15 heavy (non-hydrogen) atoms. The fraction of sp³-hybridized carbons (Fsp3) is 0.900. The highest BCUT2D eigenvalue weighted by Crippen LogP contribution is 1.90. The Bertz CT molecular complexity index is 163. The minimum absolute atomic E-state index is 0.00840. The third-order valence-electron chi connectivity index (χ3n) is 1.54. The minimum atomic E-state index is -0.435. The van der Waals surface area contributed by atoms with Gasteiger partial charge in [0.2, 0.25) is 5.91 Å². The molecule has 0 rings (SSSR count). The zero-order chi connectivity index (χ0) is 11.5. The molecular formula is C10H22N2O3. The number of ether oxygens (including phenoxy) is 2. The fourth-order valence-corrected chi connectivity index (χ4v) is 0.905. The number of nitrogens with one attached hydrogen (secondary N) is 1. The summed E-state index contributed by atoms with van der Waals surface area (Å²) in [6, 6.07) is 0. The van der Waals surface area contributed by atoms with Crippen molar-refractivity contribution >= 4 is 5.91 Å². The Labute approximate surface area is 91.3 Å². The summed E-state index contributed by atoms with van der Waals surface area (Å²) in [5.41, 5.74) is 4.90. The van der Waals surface area contributed by atoms with Crippen LogP contribution in [0.3, 0.4) is 0 Å². The molecule has 0 aromatic carbocycles. The molecule has 0 fully saturated rings. The summed E-state index contributed by atoms with van der Waals surface area (Å²) < 4.78 is 10.3. The lowest BCUT2D eigenvalue weighted by Gasteiger charge is -2.07. The summed E-state index contributed by atoms with van der Waals surface area (Å²) in [7, 11) is 0. The predicted octanol–water partition coefficient (Wildman–Crippen LogP) is -0.249. The van der Waals surface area contributed by atoms with Gasteiger partial charge in [-0.05, 0) is 5.92 Å². The summed E-state index contributed by atoms with van der Waals surface area (Å²) in [4.78, 5) is 10.3. The number of carbonyl (C=O) groups is 1. The zero-order valence-electron chi connectivity index (χ0n) is 9.62. The maximum Gasteiger partial charge on any atom is 0.243 e. The standard InChI is InChI=1S/C10H22N2O3/c1-9(2)7-14-5-3-12-4-6-15-8-10(11)13/h9,12H,3-8H2,1-2H3,(H2,11,13). The maximum absolute atomic E-state index is 10.3. The third-order valence-corrected chi connectivity index (χ3v) is 1.54. The van der Waals surface area contributed by atoms with E-state index in [0.29, 0.717) is 25.7 Å². The van der Waals surface area contributed by atoms with Gasteiger partial charge in [0.15, 0.2) is 0 Å². The van der Waals surface area contributed by atoms with Crippen LogP contribution in [0.5, 0.6) is 0 Å². The first-order valence-electron chi connectivity index (χ1n) is 5.27. The predicted molar refractivity (Wildman–Crippen MR) is 58.5 cm³/mol. The molecule has 1 amide bonds. The first-order valence-corrected chi connectivity index (χ1v) is 5.27. The molecule has 0 aliphatic heterocycles. The van der Waals surface area contributed by atoms with Crippen LogP contribution in [0.1, 0.15) is 13.8 Å². The molecule has 90 valence electrons. The lowest BCUT2D eigenvalue weighted by atomic mass is 10.2. The number of primary amides is 1. The number of hydrogen-bond donors (Lipinski definition) is 2. The van der Waals surface area contributed by atoms with Crippen molar-refractivity contribution in [3.8, 4) is 0 Å². The van der Waals surface area contributed by atoms with E-state index in [1.54, 1.807) is 0 Å². The summed E-state index contributed by atoms with van der Waals surface area (Å²) in [6.07, 6.45) is 0. The molecule has 0 aliphatic rings. The Morgan fingerprint density at radius 1 is 1.27 bits per heavy atom. The van der Waals surface area contributed by atoms with Crippen molar-refractivity contribution in [3.05, 3.63) is 0 Å². The average molecular weight is 218 g/mol. The molecular weight excluding hydrogens is 196 g/mol. The average Bonchev–Trinajstić information content (AvgIpc) is 2.14. The molecule has 0 aliphatic carbocycles. The topological polar surface area (TPSA) is 73.6 Å². The van der Waals surface area contributed by atoms with Crippen LogP contribution >= 0.6 is 0 Å². The Morgan fingerprint density at radius 3 is 2.40 bits per heavy atom. The van der Waals surface area contributed by atoms with Gasteiger partial charge in [0.05, 0.1) is 13.2 Å². The number of carbonyl (C=O) groups excluding carboxylic acids is 1. The molecule has 0 saturated carbocycles. The molecule has 0 aromatic rings. The van der Waals surface area contributed by atoms with E-state index in [9.17, 15) is 4.79 Å². The van der Waals surface area contributed by atoms with Crippen molar-refractivity contribution < 1.29 is 14.3 Å². The fourth-order valence-electron chi connectivity index (χ4n) is 0.905. The first kappa shape index (κ1) is 14.3. The van der Waals surface area contributed by atoms with Crippen molar-refractivity contribution in [2.24, 2.45) is 11.7 Å². The van der Waals surface area contributed by atoms with Gasteiger partial charge in [-0.25, -0.2) is 0 Å². The van der Waals surface area contributed by atoms with Gasteiger partial charge >= 0.3 is 0 Å². The molecule has 0 radical (unpaired) electrons. The second-order valence-corrected chi connectivity index (χ2v) is 3.74. The van der Waals surface area contributed by atoms with E-state index >= 15 is 0 Å². The molecule has 5 heteroatoms. The van der Waals surface area contributed by atoms with Crippen LogP contribution in [0.15, 0.2) is 0 Å². The van der Waals surface area contributed by atoms with E-state index < -0.39 is 5.91 Å². The Balaban J connectivity index is 2.96. The summed E-state index contributed by atoms with van der Waals surface area (Å²) in [6.45, 7) is 7.72. The first-order chi connectivity index (χ1) is 7.13. The lowest BCUT2D eigenvalue weighted by Crippen LogP contribution is -2.26. The highest BCUT2D eigenvalue weighted by atomic mass is 16.5. The molecule has 0 aromatic heterocycles. The van der Waals surface area contributed by atoms with Crippen LogP contribution < -0.4 is 11.1 Å². The van der Waals surface area contributed by atoms with E-state index in [1.807, 2.05) is 0 Å². The number of nitrogens with two attached hydrogens (primary N) is 1. The summed E-state index contributed by atoms with van der Waals surface area (Å²) in [5, 5.41) is 3.13. The van der Waals surface area contributed by atoms with Gasteiger partial charge < -0.3 is 20.5 Å². The molecule has 0 atom stereocenters. The Morgan fingerprint density at radius 2 is 1.87 bits per heavy atom. The van der Waals surface area contributed by atoms with E-state index in [4.69, 9.17) is 15.2 Å². The van der Waals surface area contributed by atoms with Gasteiger partial charge in [-0.2, -0.15) is 0 Å². The molecule has 0 saturated heterocycles. The summed E-state index contributed by atoms with van der Waals surface area (Å²) in [5.74, 6) is 0.138. The summed E-state index contributed by atoms with van der Waals surface area (Å²) >= 11 is 0. The maximum atomic E-state index is 10.3. The Hall–Kier alpha value is -0.650. The van der Waals surface area contributed by atoms with Crippen LogP contribution in [0, 0.1) is 5.92 Å². The van der Waals surface area contributed by atoms with E-state index in [0.717, 1.165) is 13.2 Å². The van der Waals surface area contributed by atoms with Gasteiger partial charge in [0, 0.05) is 19.7 Å². The smallest absolute Gasteiger partial charge is 0.243 e. The molecule has 0 spiro atoms. The molecule has 0 unspecified atom stereocenters. The Kier molecular flexibility index (Phi) is 9.46. The van der Waals surface area contributed by atoms with Crippen LogP contribution in [-0.4, -0.2) is 45.4 Å². The van der Waals surface area contributed by atoms with Crippen molar-refractivity contribution in [1.82, 2.24) is 5.32 Å². The van der Waals surface area contributed by atoms with Gasteiger partial charge in [-0.3, -0.25) is 4.79 Å². The van der Waals surface area contributed by atoms with Gasteiger partial charge in [-0.15, -0.1) is 0 Å². The zero-order valence-corrected chi connectivity index (χ0v) is 9.62. The third kappa shape index (κ3) is 13.3. The monoisotopic (exact) mass is 218 g/mol. The van der Waals surface area contributed by atoms with Crippen molar-refractivity contribution in [1.29, 1.82) is 0 Å². The quantitative estimate of drug-likeness (QED) is 0.496. The minimum Gasteiger partial charge on any atom is -0.380 e. The molecule has 0 heterocycles. The highest BCUT2D eigenvalue weighted by Gasteiger charge is 1.94. The van der Waals surface area contributed by atoms with Crippen molar-refractivity contribution in [3.63, 3.8) is 0 Å². The second-order valence-electron chi connectivity index (χ2n) is 3.74. The molecule has 3 N–H and O–H groups in total. The molecule has 0 bridgehead atoms. The highest BCUT2D eigenvalue weighted by molar-refractivity contribution is 5.74. The lowest BCUT2D eigenvalue weighted by molar-refractivity contribution is -0.122. The van der Waals surface area contributed by atoms with Crippen LogP contribution in [0.2, 0.25) is 0 Å². The number of hydrogen-bond acceptors (Lipinski definition) is 4. The largest absolute Gasteiger partial charge is 0.380 e. The van der Waals surface area contributed by atoms with E-state index in [-0.39, 0.29) is 6.61 Å². The van der Waals surface area contributed by atoms with Gasteiger partial charge in [0.25, 0.3) is 0 Å². The number of rotatable bonds is 10. The van der Waals surface area contributed by atoms with Gasteiger partial charge in [-0.1, -0.05) is 13.8 Å². The van der Waals surface area contributed by atoms with Crippen molar-refractivity contribution in [2.45, 2.75) is 13.8 Å². The van der Waals surface area contributed by atoms with Crippen LogP contribution in [-0.2, 0) is 14.3 Å². The van der Waals surface area contributed by atoms with Crippen LogP contribution in [0.4, 0.5) is 0 Å². The normalized spacial score (nSPS) is 10.9. The van der Waals surface area contributed by atoms with Gasteiger partial charge in [0.1, 0.15) is 6.61 Å². The number of amides is 1. The van der Waals surface area contributed by atoms with E-state index in [2.05, 4.69) is 19.2 Å². The van der Waals surface area contributed by atoms with Crippen LogP contribution in [0.25, 0.3) is 0 Å². The van der Waals surface area contributed by atoms with E-state index in [1.165, 1.54) is 0 Å².